The van der Waals surface area contributed by atoms with Gasteiger partial charge in [-0.05, 0) is 50.7 Å². The lowest BCUT2D eigenvalue weighted by molar-refractivity contribution is -0.136. The van der Waals surface area contributed by atoms with Crippen molar-refractivity contribution in [2.75, 3.05) is 40.3 Å². The number of rotatable bonds is 5. The molecule has 1 aliphatic rings. The molecule has 1 aromatic carbocycles. The number of aromatic nitrogens is 1. The molecule has 1 saturated heterocycles. The van der Waals surface area contributed by atoms with Crippen LogP contribution in [0.4, 0.5) is 0 Å². The van der Waals surface area contributed by atoms with Crippen LogP contribution in [0.5, 0.6) is 0 Å². The highest BCUT2D eigenvalue weighted by Crippen LogP contribution is 2.23. The lowest BCUT2D eigenvalue weighted by Crippen LogP contribution is -2.42. The molecule has 1 aliphatic heterocycles. The highest BCUT2D eigenvalue weighted by Gasteiger charge is 2.29. The molecular formula is C22H30N4O. The van der Waals surface area contributed by atoms with E-state index in [-0.39, 0.29) is 11.9 Å². The van der Waals surface area contributed by atoms with Crippen molar-refractivity contribution >= 4 is 5.91 Å². The summed E-state index contributed by atoms with van der Waals surface area (Å²) in [6.45, 7) is 6.51. The maximum atomic E-state index is 13.3. The zero-order valence-corrected chi connectivity index (χ0v) is 16.6. The summed E-state index contributed by atoms with van der Waals surface area (Å²) < 4.78 is 0. The van der Waals surface area contributed by atoms with E-state index in [0.717, 1.165) is 44.7 Å². The van der Waals surface area contributed by atoms with Crippen LogP contribution < -0.4 is 0 Å². The summed E-state index contributed by atoms with van der Waals surface area (Å²) in [4.78, 5) is 23.9. The number of nitrogens with zero attached hydrogens (tertiary/aromatic N) is 4. The largest absolute Gasteiger partial charge is 0.340 e. The van der Waals surface area contributed by atoms with Crippen LogP contribution >= 0.6 is 0 Å². The van der Waals surface area contributed by atoms with Crippen molar-refractivity contribution in [3.63, 3.8) is 0 Å². The molecule has 1 atom stereocenters. The molecule has 1 unspecified atom stereocenters. The van der Waals surface area contributed by atoms with Crippen LogP contribution in [0, 0.1) is 6.92 Å². The van der Waals surface area contributed by atoms with Gasteiger partial charge in [0.25, 0.3) is 0 Å². The minimum atomic E-state index is -0.225. The number of pyridine rings is 1. The molecular weight excluding hydrogens is 336 g/mol. The number of amides is 1. The number of carbonyl (C=O) groups is 1. The minimum absolute atomic E-state index is 0.205. The fraction of sp³-hybridized carbons (Fsp3) is 0.455. The fourth-order valence-electron chi connectivity index (χ4n) is 3.77. The lowest BCUT2D eigenvalue weighted by atomic mass is 10.0. The summed E-state index contributed by atoms with van der Waals surface area (Å²) in [6, 6.07) is 12.2. The van der Waals surface area contributed by atoms with Gasteiger partial charge in [-0.2, -0.15) is 0 Å². The molecule has 0 saturated carbocycles. The Labute approximate surface area is 162 Å². The summed E-state index contributed by atoms with van der Waals surface area (Å²) >= 11 is 0. The van der Waals surface area contributed by atoms with Crippen LogP contribution in [0.15, 0.2) is 48.8 Å². The summed E-state index contributed by atoms with van der Waals surface area (Å²) in [7, 11) is 3.97. The van der Waals surface area contributed by atoms with Gasteiger partial charge in [0.2, 0.25) is 5.91 Å². The Hall–Kier alpha value is -2.24. The molecule has 27 heavy (non-hydrogen) atoms. The maximum absolute atomic E-state index is 13.3. The van der Waals surface area contributed by atoms with E-state index in [1.54, 1.807) is 0 Å². The van der Waals surface area contributed by atoms with Gasteiger partial charge in [0.15, 0.2) is 0 Å². The van der Waals surface area contributed by atoms with Gasteiger partial charge in [-0.3, -0.25) is 19.6 Å². The molecule has 1 aromatic heterocycles. The average molecular weight is 367 g/mol. The van der Waals surface area contributed by atoms with Gasteiger partial charge in [0.1, 0.15) is 6.04 Å². The van der Waals surface area contributed by atoms with E-state index in [1.165, 1.54) is 11.1 Å². The lowest BCUT2D eigenvalue weighted by Gasteiger charge is -2.30. The molecule has 0 aliphatic carbocycles. The Kier molecular flexibility index (Phi) is 6.58. The standard InChI is InChI=1S/C22H30N4O/c1-18-6-4-7-20(16-18)21(24(2)3)22(27)26-13-5-12-25(14-15-26)17-19-8-10-23-11-9-19/h4,6-11,16,21H,5,12-15,17H2,1-3H3. The number of hydrogen-bond acceptors (Lipinski definition) is 4. The second-order valence-corrected chi connectivity index (χ2v) is 7.59. The smallest absolute Gasteiger partial charge is 0.244 e. The van der Waals surface area contributed by atoms with Crippen molar-refractivity contribution in [1.82, 2.24) is 19.7 Å². The SMILES string of the molecule is Cc1cccc(C(C(=O)N2CCCN(Cc3ccncc3)CC2)N(C)C)c1. The van der Waals surface area contributed by atoms with E-state index in [1.807, 2.05) is 42.4 Å². The molecule has 0 bridgehead atoms. The predicted octanol–water partition coefficient (Wildman–Crippen LogP) is 2.73. The third kappa shape index (κ3) is 5.15. The first kappa shape index (κ1) is 19.5. The first-order chi connectivity index (χ1) is 13.0. The van der Waals surface area contributed by atoms with E-state index < -0.39 is 0 Å². The maximum Gasteiger partial charge on any atom is 0.244 e. The Morgan fingerprint density at radius 3 is 2.59 bits per heavy atom. The van der Waals surface area contributed by atoms with Crippen LogP contribution in [-0.4, -0.2) is 65.9 Å². The third-order valence-corrected chi connectivity index (χ3v) is 5.16. The van der Waals surface area contributed by atoms with E-state index in [2.05, 4.69) is 47.1 Å². The molecule has 3 rings (SSSR count). The number of benzene rings is 1. The average Bonchev–Trinajstić information content (AvgIpc) is 2.88. The van der Waals surface area contributed by atoms with Gasteiger partial charge >= 0.3 is 0 Å². The van der Waals surface area contributed by atoms with E-state index in [9.17, 15) is 4.79 Å². The zero-order chi connectivity index (χ0) is 19.2. The summed E-state index contributed by atoms with van der Waals surface area (Å²) in [6.07, 6.45) is 4.68. The molecule has 0 radical (unpaired) electrons. The van der Waals surface area contributed by atoms with Gasteiger partial charge in [0, 0.05) is 45.1 Å². The van der Waals surface area contributed by atoms with Crippen LogP contribution in [0.3, 0.4) is 0 Å². The second-order valence-electron chi connectivity index (χ2n) is 7.59. The number of likely N-dealkylation sites (N-methyl/N-ethyl adjacent to an activating group) is 1. The Bertz CT molecular complexity index is 747. The van der Waals surface area contributed by atoms with E-state index >= 15 is 0 Å². The molecule has 144 valence electrons. The topological polar surface area (TPSA) is 39.7 Å². The van der Waals surface area contributed by atoms with Crippen molar-refractivity contribution in [1.29, 1.82) is 0 Å². The van der Waals surface area contributed by atoms with Gasteiger partial charge in [-0.1, -0.05) is 29.8 Å². The monoisotopic (exact) mass is 366 g/mol. The van der Waals surface area contributed by atoms with E-state index in [4.69, 9.17) is 0 Å². The summed E-state index contributed by atoms with van der Waals surface area (Å²) in [5, 5.41) is 0. The predicted molar refractivity (Wildman–Crippen MR) is 108 cm³/mol. The number of aryl methyl sites for hydroxylation is 1. The first-order valence-corrected chi connectivity index (χ1v) is 9.67. The molecule has 5 nitrogen and oxygen atoms in total. The van der Waals surface area contributed by atoms with Crippen LogP contribution in [0.25, 0.3) is 0 Å². The minimum Gasteiger partial charge on any atom is -0.340 e. The normalized spacial score (nSPS) is 17.0. The van der Waals surface area contributed by atoms with Gasteiger partial charge in [-0.15, -0.1) is 0 Å². The molecule has 0 N–H and O–H groups in total. The Balaban J connectivity index is 1.67. The number of hydrogen-bond donors (Lipinski definition) is 0. The molecule has 5 heteroatoms. The fourth-order valence-corrected chi connectivity index (χ4v) is 3.77. The van der Waals surface area contributed by atoms with Crippen LogP contribution in [0.2, 0.25) is 0 Å². The molecule has 1 amide bonds. The Morgan fingerprint density at radius 1 is 1.11 bits per heavy atom. The molecule has 2 heterocycles. The second kappa shape index (κ2) is 9.11. The quantitative estimate of drug-likeness (QED) is 0.816. The first-order valence-electron chi connectivity index (χ1n) is 9.67. The molecule has 2 aromatic rings. The van der Waals surface area contributed by atoms with Gasteiger partial charge < -0.3 is 4.90 Å². The highest BCUT2D eigenvalue weighted by atomic mass is 16.2. The van der Waals surface area contributed by atoms with Crippen molar-refractivity contribution in [2.24, 2.45) is 0 Å². The van der Waals surface area contributed by atoms with Crippen molar-refractivity contribution < 1.29 is 4.79 Å². The zero-order valence-electron chi connectivity index (χ0n) is 16.6. The van der Waals surface area contributed by atoms with Crippen LogP contribution in [0.1, 0.15) is 29.2 Å². The van der Waals surface area contributed by atoms with Gasteiger partial charge in [-0.25, -0.2) is 0 Å². The van der Waals surface area contributed by atoms with Gasteiger partial charge in [0.05, 0.1) is 0 Å². The molecule has 0 spiro atoms. The summed E-state index contributed by atoms with van der Waals surface area (Å²) in [5.41, 5.74) is 3.53. The van der Waals surface area contributed by atoms with Crippen LogP contribution in [-0.2, 0) is 11.3 Å². The highest BCUT2D eigenvalue weighted by molar-refractivity contribution is 5.83. The molecule has 1 fully saturated rings. The van der Waals surface area contributed by atoms with Crippen molar-refractivity contribution in [3.05, 3.63) is 65.5 Å². The van der Waals surface area contributed by atoms with E-state index in [0.29, 0.717) is 0 Å². The van der Waals surface area contributed by atoms with Crippen molar-refractivity contribution in [3.8, 4) is 0 Å². The number of carbonyl (C=O) groups excluding carboxylic acids is 1. The van der Waals surface area contributed by atoms with Crippen molar-refractivity contribution in [2.45, 2.75) is 25.9 Å². The summed E-state index contributed by atoms with van der Waals surface area (Å²) in [5.74, 6) is 0.205. The third-order valence-electron chi connectivity index (χ3n) is 5.16. The Morgan fingerprint density at radius 2 is 1.89 bits per heavy atom.